The van der Waals surface area contributed by atoms with E-state index in [2.05, 4.69) is 5.32 Å². The van der Waals surface area contributed by atoms with Crippen molar-refractivity contribution >= 4 is 47.4 Å². The van der Waals surface area contributed by atoms with Gasteiger partial charge in [-0.1, -0.05) is 24.3 Å². The van der Waals surface area contributed by atoms with E-state index >= 15 is 0 Å². The zero-order chi connectivity index (χ0) is 41.3. The maximum atomic E-state index is 13.2. The van der Waals surface area contributed by atoms with Crippen molar-refractivity contribution in [3.63, 3.8) is 0 Å². The molecule has 17 nitrogen and oxygen atoms in total. The minimum atomic E-state index is -1.03. The zero-order valence-electron chi connectivity index (χ0n) is 32.9. The molecule has 308 valence electrons. The van der Waals surface area contributed by atoms with Gasteiger partial charge in [-0.2, -0.15) is 0 Å². The van der Waals surface area contributed by atoms with E-state index < -0.39 is 47.8 Å². The second kappa shape index (κ2) is 19.1. The topological polar surface area (TPSA) is 212 Å². The lowest BCUT2D eigenvalue weighted by Gasteiger charge is -2.33. The molecule has 4 N–H and O–H groups in total. The van der Waals surface area contributed by atoms with Crippen molar-refractivity contribution in [3.8, 4) is 5.75 Å². The number of aliphatic carboxylic acids is 3. The zero-order valence-corrected chi connectivity index (χ0v) is 32.9. The molecule has 0 spiro atoms. The summed E-state index contributed by atoms with van der Waals surface area (Å²) in [6.45, 7) is 10.7. The summed E-state index contributed by atoms with van der Waals surface area (Å²) in [6, 6.07) is 14.3. The van der Waals surface area contributed by atoms with E-state index in [9.17, 15) is 39.3 Å². The molecule has 57 heavy (non-hydrogen) atoms. The number of carboxylic acids is 3. The highest BCUT2D eigenvalue weighted by Crippen LogP contribution is 2.36. The van der Waals surface area contributed by atoms with E-state index in [-0.39, 0.29) is 43.9 Å². The number of benzene rings is 2. The quantitative estimate of drug-likeness (QED) is 0.132. The molecule has 0 radical (unpaired) electrons. The molecule has 2 aromatic carbocycles. The summed E-state index contributed by atoms with van der Waals surface area (Å²) in [6.07, 6.45) is 0. The van der Waals surface area contributed by atoms with Gasteiger partial charge in [-0.25, -0.2) is 4.79 Å². The van der Waals surface area contributed by atoms with E-state index in [1.165, 1.54) is 6.07 Å². The molecule has 18 heteroatoms. The fraction of sp³-hybridized carbons (Fsp3) is 0.513. The molecular weight excluding hydrogens is 741 g/mol. The third-order valence-corrected chi connectivity index (χ3v) is 10.6. The number of amides is 1. The van der Waals surface area contributed by atoms with Gasteiger partial charge < -0.3 is 39.1 Å². The number of hydrogen-bond acceptors (Lipinski definition) is 13. The second-order valence-corrected chi connectivity index (χ2v) is 15.4. The predicted octanol–water partition coefficient (Wildman–Crippen LogP) is 0.876. The van der Waals surface area contributed by atoms with Crippen LogP contribution in [-0.4, -0.2) is 162 Å². The Morgan fingerprint density at radius 1 is 0.719 bits per heavy atom. The summed E-state index contributed by atoms with van der Waals surface area (Å²) in [7, 11) is -0.465. The highest BCUT2D eigenvalue weighted by atomic mass is 16.7. The van der Waals surface area contributed by atoms with Crippen molar-refractivity contribution in [2.75, 3.05) is 85.1 Å². The number of nitrogens with zero attached hydrogens (tertiary/aromatic N) is 4. The number of fused-ring (bicyclic) bond motifs is 1. The van der Waals surface area contributed by atoms with Crippen LogP contribution in [0.1, 0.15) is 43.6 Å². The fourth-order valence-corrected chi connectivity index (χ4v) is 6.53. The van der Waals surface area contributed by atoms with Crippen LogP contribution in [0, 0.1) is 0 Å². The molecule has 0 aliphatic carbocycles. The molecule has 1 aromatic heterocycles. The van der Waals surface area contributed by atoms with Crippen molar-refractivity contribution in [2.24, 2.45) is 0 Å². The molecule has 2 aliphatic heterocycles. The smallest absolute Gasteiger partial charge is 0.489 e. The van der Waals surface area contributed by atoms with Crippen molar-refractivity contribution in [3.05, 3.63) is 70.1 Å². The molecule has 0 saturated carbocycles. The van der Waals surface area contributed by atoms with E-state index in [4.69, 9.17) is 18.5 Å². The Kier molecular flexibility index (Phi) is 14.5. The van der Waals surface area contributed by atoms with E-state index in [0.29, 0.717) is 70.0 Å². The lowest BCUT2D eigenvalue weighted by molar-refractivity contribution is -0.140. The van der Waals surface area contributed by atoms with Crippen LogP contribution < -0.4 is 21.1 Å². The van der Waals surface area contributed by atoms with Crippen molar-refractivity contribution < 1.29 is 53.0 Å². The number of ether oxygens (including phenoxy) is 1. The molecule has 2 aliphatic rings. The monoisotopic (exact) mass is 793 g/mol. The van der Waals surface area contributed by atoms with Gasteiger partial charge >= 0.3 is 30.7 Å². The van der Waals surface area contributed by atoms with Crippen LogP contribution in [0.4, 0.5) is 0 Å². The Bertz CT molecular complexity index is 1910. The Hall–Kier alpha value is -4.85. The van der Waals surface area contributed by atoms with E-state index in [1.807, 2.05) is 56.9 Å². The number of nitrogens with one attached hydrogen (secondary N) is 1. The van der Waals surface area contributed by atoms with Crippen molar-refractivity contribution in [2.45, 2.75) is 45.5 Å². The maximum absolute atomic E-state index is 13.2. The summed E-state index contributed by atoms with van der Waals surface area (Å²) < 4.78 is 23.8. The summed E-state index contributed by atoms with van der Waals surface area (Å²) in [5.41, 5.74) is 0.215. The number of hydrogen-bond donors (Lipinski definition) is 4. The Morgan fingerprint density at radius 3 is 1.70 bits per heavy atom. The van der Waals surface area contributed by atoms with Gasteiger partial charge in [-0.3, -0.25) is 38.8 Å². The summed E-state index contributed by atoms with van der Waals surface area (Å²) >= 11 is 0. The normalized spacial score (nSPS) is 18.8. The number of carboxylic acid groups (broad SMARTS) is 3. The van der Waals surface area contributed by atoms with Crippen LogP contribution in [0.2, 0.25) is 0 Å². The fourth-order valence-electron chi connectivity index (χ4n) is 6.53. The predicted molar refractivity (Wildman–Crippen MR) is 210 cm³/mol. The van der Waals surface area contributed by atoms with Gasteiger partial charge in [0.05, 0.1) is 30.8 Å². The minimum Gasteiger partial charge on any atom is -0.489 e. The van der Waals surface area contributed by atoms with Crippen molar-refractivity contribution in [1.29, 1.82) is 0 Å². The van der Waals surface area contributed by atoms with Gasteiger partial charge in [-0.05, 0) is 56.9 Å². The molecule has 1 amide bonds. The van der Waals surface area contributed by atoms with Gasteiger partial charge in [0, 0.05) is 76.9 Å². The van der Waals surface area contributed by atoms with Crippen LogP contribution in [-0.2, 0) is 30.3 Å². The van der Waals surface area contributed by atoms with Gasteiger partial charge in [-0.15, -0.1) is 0 Å². The van der Waals surface area contributed by atoms with Crippen molar-refractivity contribution in [1.82, 2.24) is 24.9 Å². The minimum absolute atomic E-state index is 0.144. The Morgan fingerprint density at radius 2 is 1.21 bits per heavy atom. The molecule has 5 rings (SSSR count). The molecular formula is C39H52BN5O12. The molecule has 0 unspecified atom stereocenters. The average Bonchev–Trinajstić information content (AvgIpc) is 3.36. The third kappa shape index (κ3) is 12.3. The largest absolute Gasteiger partial charge is 0.494 e. The molecule has 2 fully saturated rings. The first-order valence-corrected chi connectivity index (χ1v) is 19.0. The van der Waals surface area contributed by atoms with Crippen LogP contribution >= 0.6 is 0 Å². The molecule has 0 bridgehead atoms. The van der Waals surface area contributed by atoms with Crippen LogP contribution in [0.25, 0.3) is 11.0 Å². The molecule has 3 aromatic rings. The Balaban J connectivity index is 1.17. The highest BCUT2D eigenvalue weighted by Gasteiger charge is 2.51. The molecule has 2 saturated heterocycles. The van der Waals surface area contributed by atoms with E-state index in [1.54, 1.807) is 32.9 Å². The summed E-state index contributed by atoms with van der Waals surface area (Å²) in [5, 5.41) is 31.6. The second-order valence-electron chi connectivity index (χ2n) is 15.4. The molecule has 0 atom stereocenters. The van der Waals surface area contributed by atoms with E-state index in [0.717, 1.165) is 11.0 Å². The van der Waals surface area contributed by atoms with Gasteiger partial charge in [0.15, 0.2) is 0 Å². The maximum Gasteiger partial charge on any atom is 0.494 e. The average molecular weight is 794 g/mol. The first-order chi connectivity index (χ1) is 27.0. The highest BCUT2D eigenvalue weighted by molar-refractivity contribution is 6.62. The summed E-state index contributed by atoms with van der Waals surface area (Å²) in [5.74, 6) is -3.21. The summed E-state index contributed by atoms with van der Waals surface area (Å²) in [4.78, 5) is 67.8. The first kappa shape index (κ1) is 43.3. The lowest BCUT2D eigenvalue weighted by Crippen LogP contribution is -2.49. The van der Waals surface area contributed by atoms with Gasteiger partial charge in [0.2, 0.25) is 0 Å². The van der Waals surface area contributed by atoms with Crippen LogP contribution in [0.3, 0.4) is 0 Å². The number of carbonyl (C=O) groups is 4. The van der Waals surface area contributed by atoms with Gasteiger partial charge in [0.25, 0.3) is 5.91 Å². The van der Waals surface area contributed by atoms with Crippen LogP contribution in [0.15, 0.2) is 57.7 Å². The third-order valence-electron chi connectivity index (χ3n) is 10.6. The standard InChI is InChI=1S/C39H52BN5O12/c1-38(2)39(3,4)57-40(56-38)29-8-5-27(6-9-29)26-54-30-10-7-28-21-31(37(53)55-32(28)22-30)36(52)41-11-12-42-13-15-43(23-33(46)47)17-19-45(25-35(50)51)20-18-44(16-14-42)24-34(48)49/h5-10,21-22H,11-20,23-26H2,1-4H3,(H,41,52)(H,46,47)(H,48,49)(H,50,51). The molecule has 3 heterocycles. The SMILES string of the molecule is CC1(C)OB(c2ccc(COc3ccc4cc(C(=O)NCCN5CCN(CC(=O)O)CCN(CC(=O)O)CCN(CC(=O)O)CC5)c(=O)oc4c3)cc2)OC1(C)C. The lowest BCUT2D eigenvalue weighted by atomic mass is 9.79. The first-order valence-electron chi connectivity index (χ1n) is 19.0. The van der Waals surface area contributed by atoms with Gasteiger partial charge in [0.1, 0.15) is 23.5 Å². The number of carbonyl (C=O) groups excluding carboxylic acids is 1. The number of rotatable bonds is 14. The van der Waals surface area contributed by atoms with Crippen LogP contribution in [0.5, 0.6) is 5.75 Å². The Labute approximate surface area is 331 Å².